The third-order valence-corrected chi connectivity index (χ3v) is 8.61. The Morgan fingerprint density at radius 3 is 2.67 bits per heavy atom. The quantitative estimate of drug-likeness (QED) is 0.475. The number of hydrogen-bond acceptors (Lipinski definition) is 5. The van der Waals surface area contributed by atoms with Crippen LogP contribution in [0.1, 0.15) is 36.8 Å². The Labute approximate surface area is 216 Å². The maximum Gasteiger partial charge on any atom is 0.297 e. The fourth-order valence-corrected chi connectivity index (χ4v) is 6.27. The molecule has 5 nitrogen and oxygen atoms in total. The van der Waals surface area contributed by atoms with Crippen molar-refractivity contribution >= 4 is 23.7 Å². The van der Waals surface area contributed by atoms with Crippen molar-refractivity contribution < 1.29 is 13.9 Å². The van der Waals surface area contributed by atoms with Crippen LogP contribution >= 0.6 is 11.6 Å². The van der Waals surface area contributed by atoms with E-state index in [1.54, 1.807) is 18.3 Å². The van der Waals surface area contributed by atoms with E-state index in [1.165, 1.54) is 17.2 Å². The normalized spacial score (nSPS) is 20.7. The molecule has 188 valence electrons. The van der Waals surface area contributed by atoms with E-state index in [0.717, 1.165) is 58.4 Å². The molecule has 3 aromatic rings. The zero-order chi connectivity index (χ0) is 24.7. The van der Waals surface area contributed by atoms with Crippen LogP contribution in [0, 0.1) is 11.7 Å². The fraction of sp³-hybridized carbons (Fsp3) is 0.414. The minimum absolute atomic E-state index is 0.0636. The van der Waals surface area contributed by atoms with Crippen LogP contribution in [0.4, 0.5) is 10.4 Å². The first-order valence-corrected chi connectivity index (χ1v) is 13.2. The molecule has 7 heteroatoms. The molecule has 1 atom stereocenters. The molecule has 1 aliphatic carbocycles. The summed E-state index contributed by atoms with van der Waals surface area (Å²) in [7, 11) is 0. The van der Waals surface area contributed by atoms with Crippen LogP contribution in [0.5, 0.6) is 0 Å². The van der Waals surface area contributed by atoms with Crippen molar-refractivity contribution in [3.05, 3.63) is 76.7 Å². The summed E-state index contributed by atoms with van der Waals surface area (Å²) in [6.45, 7) is 4.34. The summed E-state index contributed by atoms with van der Waals surface area (Å²) in [5, 5.41) is 11.1. The van der Waals surface area contributed by atoms with Gasteiger partial charge < -0.3 is 19.3 Å². The maximum absolute atomic E-state index is 13.5. The number of hydrogen-bond donors (Lipinski definition) is 1. The van der Waals surface area contributed by atoms with E-state index in [0.29, 0.717) is 17.3 Å². The van der Waals surface area contributed by atoms with Gasteiger partial charge in [-0.15, -0.1) is 0 Å². The second-order valence-electron chi connectivity index (χ2n) is 10.4. The van der Waals surface area contributed by atoms with Crippen molar-refractivity contribution in [3.8, 4) is 11.3 Å². The molecule has 1 aromatic heterocycles. The smallest absolute Gasteiger partial charge is 0.297 e. The third kappa shape index (κ3) is 4.47. The highest BCUT2D eigenvalue weighted by atomic mass is 35.5. The Morgan fingerprint density at radius 2 is 1.89 bits per heavy atom. The van der Waals surface area contributed by atoms with Gasteiger partial charge in [-0.1, -0.05) is 48.0 Å². The summed E-state index contributed by atoms with van der Waals surface area (Å²) in [6, 6.07) is 13.8. The van der Waals surface area contributed by atoms with Crippen molar-refractivity contribution in [2.75, 3.05) is 37.6 Å². The van der Waals surface area contributed by atoms with Gasteiger partial charge in [0.05, 0.1) is 17.3 Å². The minimum Gasteiger partial charge on any atom is -0.423 e. The number of β-amino-alcohol motifs (C(OH)–C–C–N with tert-alkyl or cyclic N) is 1. The molecule has 2 saturated heterocycles. The summed E-state index contributed by atoms with van der Waals surface area (Å²) in [5.74, 6) is 0.386. The Morgan fingerprint density at radius 1 is 1.11 bits per heavy atom. The molecule has 2 aliphatic heterocycles. The van der Waals surface area contributed by atoms with Crippen molar-refractivity contribution in [1.82, 2.24) is 9.88 Å². The predicted octanol–water partition coefficient (Wildman–Crippen LogP) is 5.77. The third-order valence-electron chi connectivity index (χ3n) is 8.32. The number of anilines is 1. The highest BCUT2D eigenvalue weighted by molar-refractivity contribution is 6.31. The number of aliphatic hydroxyl groups is 1. The van der Waals surface area contributed by atoms with Crippen LogP contribution in [0.15, 0.2) is 59.2 Å². The number of allylic oxidation sites excluding steroid dienone is 1. The summed E-state index contributed by atoms with van der Waals surface area (Å²) >= 11 is 5.91. The summed E-state index contributed by atoms with van der Waals surface area (Å²) in [5.41, 5.74) is 3.70. The molecule has 0 saturated carbocycles. The van der Waals surface area contributed by atoms with Gasteiger partial charge >= 0.3 is 0 Å². The van der Waals surface area contributed by atoms with E-state index < -0.39 is 5.82 Å². The molecular weight excluding hydrogens is 477 g/mol. The van der Waals surface area contributed by atoms with Crippen molar-refractivity contribution in [2.24, 2.45) is 5.92 Å². The van der Waals surface area contributed by atoms with Gasteiger partial charge in [-0.3, -0.25) is 0 Å². The molecular formula is C29H31ClFN3O2. The van der Waals surface area contributed by atoms with Crippen LogP contribution in [-0.2, 0) is 5.41 Å². The lowest BCUT2D eigenvalue weighted by atomic mass is 9.74. The van der Waals surface area contributed by atoms with Crippen LogP contribution in [-0.4, -0.2) is 53.8 Å². The number of fused-ring (bicyclic) bond motifs is 2. The second kappa shape index (κ2) is 9.66. The van der Waals surface area contributed by atoms with Gasteiger partial charge in [-0.05, 0) is 74.0 Å². The standard InChI is InChI=1S/C29H31ClFN3O2/c30-24-17-22(5-6-25(24)31)27-18-32-28(36-27)34-13-8-21(9-14-34)26(35)19-33-15-11-29(12-16-33)10-7-20-3-1-2-4-23(20)29/h1-7,10,17-18,21,26,35H,8-9,11-16,19H2. The monoisotopic (exact) mass is 507 g/mol. The lowest BCUT2D eigenvalue weighted by Crippen LogP contribution is -2.47. The first kappa shape index (κ1) is 23.7. The first-order chi connectivity index (χ1) is 17.5. The predicted molar refractivity (Wildman–Crippen MR) is 141 cm³/mol. The highest BCUT2D eigenvalue weighted by Gasteiger charge is 2.38. The second-order valence-corrected chi connectivity index (χ2v) is 10.8. The molecule has 1 N–H and O–H groups in total. The van der Waals surface area contributed by atoms with E-state index in [4.69, 9.17) is 16.0 Å². The molecule has 36 heavy (non-hydrogen) atoms. The summed E-state index contributed by atoms with van der Waals surface area (Å²) in [6.07, 6.45) is 10.0. The molecule has 0 amide bonds. The van der Waals surface area contributed by atoms with Crippen LogP contribution < -0.4 is 4.90 Å². The first-order valence-electron chi connectivity index (χ1n) is 12.9. The van der Waals surface area contributed by atoms with Gasteiger partial charge in [0, 0.05) is 30.6 Å². The zero-order valence-electron chi connectivity index (χ0n) is 20.2. The van der Waals surface area contributed by atoms with Crippen LogP contribution in [0.25, 0.3) is 17.4 Å². The number of aliphatic hydroxyl groups excluding tert-OH is 1. The number of rotatable bonds is 5. The number of oxazole rings is 1. The van der Waals surface area contributed by atoms with Gasteiger partial charge in [0.15, 0.2) is 5.76 Å². The molecule has 0 bridgehead atoms. The van der Waals surface area contributed by atoms with Crippen molar-refractivity contribution in [1.29, 1.82) is 0 Å². The van der Waals surface area contributed by atoms with Crippen molar-refractivity contribution in [2.45, 2.75) is 37.2 Å². The Kier molecular flexibility index (Phi) is 6.36. The summed E-state index contributed by atoms with van der Waals surface area (Å²) < 4.78 is 19.4. The largest absolute Gasteiger partial charge is 0.423 e. The number of piperidine rings is 2. The Hall–Kier alpha value is -2.67. The number of likely N-dealkylation sites (tertiary alicyclic amines) is 1. The van der Waals surface area contributed by atoms with E-state index in [9.17, 15) is 9.50 Å². The molecule has 3 heterocycles. The number of benzene rings is 2. The van der Waals surface area contributed by atoms with E-state index in [-0.39, 0.29) is 22.5 Å². The van der Waals surface area contributed by atoms with Gasteiger partial charge in [-0.25, -0.2) is 9.37 Å². The highest BCUT2D eigenvalue weighted by Crippen LogP contribution is 2.43. The zero-order valence-corrected chi connectivity index (χ0v) is 21.0. The number of halogens is 2. The molecule has 1 spiro atoms. The SMILES string of the molecule is OC(CN1CCC2(C=Cc3ccccc32)CC1)C1CCN(c2ncc(-c3ccc(F)c(Cl)c3)o2)CC1. The van der Waals surface area contributed by atoms with Crippen LogP contribution in [0.2, 0.25) is 5.02 Å². The molecule has 3 aliphatic rings. The molecule has 0 radical (unpaired) electrons. The van der Waals surface area contributed by atoms with E-state index in [2.05, 4.69) is 51.2 Å². The van der Waals surface area contributed by atoms with Gasteiger partial charge in [0.2, 0.25) is 0 Å². The Balaban J connectivity index is 1.00. The number of aromatic nitrogens is 1. The average molecular weight is 508 g/mol. The molecule has 2 fully saturated rings. The summed E-state index contributed by atoms with van der Waals surface area (Å²) in [4.78, 5) is 8.98. The lowest BCUT2D eigenvalue weighted by Gasteiger charge is -2.41. The number of nitrogens with zero attached hydrogens (tertiary/aromatic N) is 3. The van der Waals surface area contributed by atoms with Gasteiger partial charge in [0.25, 0.3) is 6.01 Å². The maximum atomic E-state index is 13.5. The fourth-order valence-electron chi connectivity index (χ4n) is 6.09. The van der Waals surface area contributed by atoms with Gasteiger partial charge in [-0.2, -0.15) is 0 Å². The lowest BCUT2D eigenvalue weighted by molar-refractivity contribution is 0.0407. The Bertz CT molecular complexity index is 1260. The van der Waals surface area contributed by atoms with Gasteiger partial charge in [0.1, 0.15) is 5.82 Å². The minimum atomic E-state index is -0.453. The van der Waals surface area contributed by atoms with E-state index >= 15 is 0 Å². The average Bonchev–Trinajstić information content (AvgIpc) is 3.54. The van der Waals surface area contributed by atoms with E-state index in [1.807, 2.05) is 0 Å². The van der Waals surface area contributed by atoms with Crippen LogP contribution in [0.3, 0.4) is 0 Å². The van der Waals surface area contributed by atoms with Crippen molar-refractivity contribution in [3.63, 3.8) is 0 Å². The molecule has 6 rings (SSSR count). The topological polar surface area (TPSA) is 52.7 Å². The molecule has 2 aromatic carbocycles. The molecule has 1 unspecified atom stereocenters.